The standard InChI is InChI=1S/C31H34N2O/c1-20(2)31-30-17-25(10-9-22(30)11-12-33(31)3)28-18-29(28)26-15-23(6-5-13-34-4)27-14-21(19-32)7-8-24(27)16-26/h5-10,14-17,20,28-29,31H,11-13,18H2,1-4H3/b6-5+. The lowest BCUT2D eigenvalue weighted by Gasteiger charge is -2.37. The molecule has 0 N–H and O–H groups in total. The summed E-state index contributed by atoms with van der Waals surface area (Å²) in [5.74, 6) is 1.73. The summed E-state index contributed by atoms with van der Waals surface area (Å²) in [6.07, 6.45) is 6.53. The van der Waals surface area contributed by atoms with Crippen molar-refractivity contribution < 1.29 is 4.74 Å². The summed E-state index contributed by atoms with van der Waals surface area (Å²) in [4.78, 5) is 2.53. The molecule has 5 rings (SSSR count). The number of rotatable bonds is 6. The topological polar surface area (TPSA) is 36.3 Å². The van der Waals surface area contributed by atoms with Crippen LogP contribution in [0.1, 0.15) is 71.5 Å². The average molecular weight is 451 g/mol. The quantitative estimate of drug-likeness (QED) is 0.413. The van der Waals surface area contributed by atoms with Crippen LogP contribution in [0.4, 0.5) is 0 Å². The molecule has 1 heterocycles. The molecule has 1 aliphatic carbocycles. The number of fused-ring (bicyclic) bond motifs is 2. The molecular formula is C31H34N2O. The molecule has 174 valence electrons. The Kier molecular flexibility index (Phi) is 6.30. The van der Waals surface area contributed by atoms with Gasteiger partial charge in [0.05, 0.1) is 18.2 Å². The van der Waals surface area contributed by atoms with Crippen LogP contribution in [0.3, 0.4) is 0 Å². The minimum Gasteiger partial charge on any atom is -0.381 e. The molecule has 3 heteroatoms. The van der Waals surface area contributed by atoms with Crippen molar-refractivity contribution in [3.8, 4) is 6.07 Å². The van der Waals surface area contributed by atoms with Gasteiger partial charge in [-0.05, 0) is 88.4 Å². The van der Waals surface area contributed by atoms with Gasteiger partial charge in [0.1, 0.15) is 0 Å². The van der Waals surface area contributed by atoms with Gasteiger partial charge in [-0.1, -0.05) is 62.4 Å². The van der Waals surface area contributed by atoms with E-state index < -0.39 is 0 Å². The minimum absolute atomic E-state index is 0.508. The molecule has 0 bridgehead atoms. The Labute approximate surface area is 203 Å². The molecule has 3 nitrogen and oxygen atoms in total. The number of methoxy groups -OCH3 is 1. The Hall–Kier alpha value is -2.93. The Morgan fingerprint density at radius 2 is 1.91 bits per heavy atom. The van der Waals surface area contributed by atoms with E-state index in [0.29, 0.717) is 36.0 Å². The molecule has 1 saturated carbocycles. The van der Waals surface area contributed by atoms with Gasteiger partial charge in [-0.25, -0.2) is 0 Å². The normalized spacial score (nSPS) is 22.3. The molecule has 0 aromatic heterocycles. The summed E-state index contributed by atoms with van der Waals surface area (Å²) in [7, 11) is 3.98. The van der Waals surface area contributed by atoms with Crippen LogP contribution in [-0.2, 0) is 11.2 Å². The Morgan fingerprint density at radius 3 is 2.68 bits per heavy atom. The molecule has 0 saturated heterocycles. The predicted molar refractivity (Wildman–Crippen MR) is 140 cm³/mol. The van der Waals surface area contributed by atoms with Crippen molar-refractivity contribution in [2.24, 2.45) is 5.92 Å². The molecule has 0 radical (unpaired) electrons. The largest absolute Gasteiger partial charge is 0.381 e. The van der Waals surface area contributed by atoms with Crippen LogP contribution >= 0.6 is 0 Å². The molecule has 3 unspecified atom stereocenters. The summed E-state index contributed by atoms with van der Waals surface area (Å²) >= 11 is 0. The van der Waals surface area contributed by atoms with Gasteiger partial charge in [-0.3, -0.25) is 4.90 Å². The van der Waals surface area contributed by atoms with Crippen molar-refractivity contribution in [3.05, 3.63) is 88.0 Å². The maximum atomic E-state index is 9.38. The number of nitrogens with zero attached hydrogens (tertiary/aromatic N) is 2. The molecule has 0 spiro atoms. The number of hydrogen-bond acceptors (Lipinski definition) is 3. The second-order valence-corrected chi connectivity index (χ2v) is 10.3. The lowest BCUT2D eigenvalue weighted by Crippen LogP contribution is -2.35. The summed E-state index contributed by atoms with van der Waals surface area (Å²) < 4.78 is 5.22. The minimum atomic E-state index is 0.508. The zero-order chi connectivity index (χ0) is 23.8. The Bertz CT molecular complexity index is 1280. The molecule has 0 amide bonds. The van der Waals surface area contributed by atoms with Gasteiger partial charge in [-0.2, -0.15) is 5.26 Å². The highest BCUT2D eigenvalue weighted by Gasteiger charge is 2.40. The van der Waals surface area contributed by atoms with E-state index in [2.05, 4.69) is 74.3 Å². The first-order valence-electron chi connectivity index (χ1n) is 12.5. The third-order valence-electron chi connectivity index (χ3n) is 7.67. The van der Waals surface area contributed by atoms with Gasteiger partial charge in [0, 0.05) is 19.7 Å². The number of nitriles is 1. The summed E-state index contributed by atoms with van der Waals surface area (Å²) in [5, 5.41) is 11.7. The van der Waals surface area contributed by atoms with Crippen molar-refractivity contribution in [1.82, 2.24) is 4.90 Å². The van der Waals surface area contributed by atoms with E-state index in [1.165, 1.54) is 39.6 Å². The summed E-state index contributed by atoms with van der Waals surface area (Å²) in [6, 6.07) is 20.7. The highest BCUT2D eigenvalue weighted by Crippen LogP contribution is 2.56. The number of likely N-dealkylation sites (N-methyl/N-ethyl adjacent to an activating group) is 1. The molecule has 3 atom stereocenters. The molecule has 1 aliphatic heterocycles. The Balaban J connectivity index is 1.48. The van der Waals surface area contributed by atoms with E-state index in [1.54, 1.807) is 7.11 Å². The molecule has 34 heavy (non-hydrogen) atoms. The van der Waals surface area contributed by atoms with E-state index in [9.17, 15) is 5.26 Å². The third-order valence-corrected chi connectivity index (χ3v) is 7.67. The van der Waals surface area contributed by atoms with E-state index in [4.69, 9.17) is 4.74 Å². The van der Waals surface area contributed by atoms with Crippen LogP contribution in [0.2, 0.25) is 0 Å². The summed E-state index contributed by atoms with van der Waals surface area (Å²) in [6.45, 7) is 6.41. The van der Waals surface area contributed by atoms with Crippen LogP contribution in [-0.4, -0.2) is 32.2 Å². The smallest absolute Gasteiger partial charge is 0.0991 e. The van der Waals surface area contributed by atoms with Gasteiger partial charge in [0.25, 0.3) is 0 Å². The maximum absolute atomic E-state index is 9.38. The van der Waals surface area contributed by atoms with Gasteiger partial charge < -0.3 is 4.74 Å². The van der Waals surface area contributed by atoms with Crippen LogP contribution in [0.15, 0.2) is 54.6 Å². The first-order chi connectivity index (χ1) is 16.5. The Morgan fingerprint density at radius 1 is 1.09 bits per heavy atom. The van der Waals surface area contributed by atoms with E-state index >= 15 is 0 Å². The first kappa shape index (κ1) is 22.8. The van der Waals surface area contributed by atoms with Crippen molar-refractivity contribution in [2.45, 2.75) is 44.6 Å². The zero-order valence-corrected chi connectivity index (χ0v) is 20.7. The fourth-order valence-electron chi connectivity index (χ4n) is 5.92. The van der Waals surface area contributed by atoms with Gasteiger partial charge in [0.15, 0.2) is 0 Å². The highest BCUT2D eigenvalue weighted by atomic mass is 16.5. The molecule has 1 fully saturated rings. The lowest BCUT2D eigenvalue weighted by atomic mass is 9.85. The average Bonchev–Trinajstić information content (AvgIpc) is 3.64. The lowest BCUT2D eigenvalue weighted by molar-refractivity contribution is 0.181. The van der Waals surface area contributed by atoms with Crippen molar-refractivity contribution in [3.63, 3.8) is 0 Å². The van der Waals surface area contributed by atoms with Crippen molar-refractivity contribution in [2.75, 3.05) is 27.3 Å². The summed E-state index contributed by atoms with van der Waals surface area (Å²) in [5.41, 5.74) is 7.82. The number of hydrogen-bond donors (Lipinski definition) is 0. The van der Waals surface area contributed by atoms with Crippen LogP contribution in [0, 0.1) is 17.2 Å². The maximum Gasteiger partial charge on any atom is 0.0991 e. The van der Waals surface area contributed by atoms with Crippen LogP contribution < -0.4 is 0 Å². The molecule has 3 aromatic rings. The van der Waals surface area contributed by atoms with Gasteiger partial charge in [-0.15, -0.1) is 0 Å². The van der Waals surface area contributed by atoms with E-state index in [0.717, 1.165) is 18.4 Å². The number of ether oxygens (including phenoxy) is 1. The van der Waals surface area contributed by atoms with Crippen LogP contribution in [0.25, 0.3) is 16.8 Å². The first-order valence-corrected chi connectivity index (χ1v) is 12.5. The van der Waals surface area contributed by atoms with Crippen LogP contribution in [0.5, 0.6) is 0 Å². The monoisotopic (exact) mass is 450 g/mol. The van der Waals surface area contributed by atoms with E-state index in [1.807, 2.05) is 18.2 Å². The second kappa shape index (κ2) is 9.37. The van der Waals surface area contributed by atoms with E-state index in [-0.39, 0.29) is 0 Å². The fraction of sp³-hybridized carbons (Fsp3) is 0.387. The second-order valence-electron chi connectivity index (χ2n) is 10.3. The SMILES string of the molecule is COC/C=C/c1cc(C2CC2c2ccc3c(c2)C(C(C)C)N(C)CC3)cc2ccc(C#N)cc12. The molecule has 3 aromatic carbocycles. The van der Waals surface area contributed by atoms with Gasteiger partial charge >= 0.3 is 0 Å². The van der Waals surface area contributed by atoms with Gasteiger partial charge in [0.2, 0.25) is 0 Å². The molecule has 2 aliphatic rings. The third kappa shape index (κ3) is 4.29. The number of benzene rings is 3. The highest BCUT2D eigenvalue weighted by molar-refractivity contribution is 5.92. The predicted octanol–water partition coefficient (Wildman–Crippen LogP) is 6.83. The zero-order valence-electron chi connectivity index (χ0n) is 20.7. The fourth-order valence-corrected chi connectivity index (χ4v) is 5.92. The van der Waals surface area contributed by atoms with Crippen molar-refractivity contribution >= 4 is 16.8 Å². The van der Waals surface area contributed by atoms with Crippen molar-refractivity contribution in [1.29, 1.82) is 5.26 Å². The molecular weight excluding hydrogens is 416 g/mol.